The first-order chi connectivity index (χ1) is 6.35. The number of hydrogen-bond acceptors (Lipinski definition) is 1. The van der Waals surface area contributed by atoms with E-state index in [0.717, 1.165) is 0 Å². The van der Waals surface area contributed by atoms with Gasteiger partial charge >= 0.3 is 0 Å². The van der Waals surface area contributed by atoms with Crippen LogP contribution in [0.3, 0.4) is 0 Å². The van der Waals surface area contributed by atoms with Gasteiger partial charge in [0.15, 0.2) is 0 Å². The van der Waals surface area contributed by atoms with Gasteiger partial charge < -0.3 is 0 Å². The molecule has 0 rings (SSSR count). The Morgan fingerprint density at radius 2 is 2.15 bits per heavy atom. The number of allylic oxidation sites excluding steroid dienone is 4. The van der Waals surface area contributed by atoms with Gasteiger partial charge in [-0.15, -0.1) is 11.8 Å². The molecule has 0 heterocycles. The van der Waals surface area contributed by atoms with Crippen molar-refractivity contribution in [2.45, 2.75) is 32.6 Å². The Labute approximate surface area is 86.8 Å². The minimum Gasteiger partial charge on any atom is -0.138 e. The zero-order chi connectivity index (χ0) is 9.94. The van der Waals surface area contributed by atoms with Crippen LogP contribution in [-0.4, -0.2) is 6.26 Å². The van der Waals surface area contributed by atoms with Crippen molar-refractivity contribution in [1.82, 2.24) is 0 Å². The Kier molecular flexibility index (Phi) is 9.34. The van der Waals surface area contributed by atoms with Crippen LogP contribution in [-0.2, 0) is 0 Å². The largest absolute Gasteiger partial charge is 0.138 e. The summed E-state index contributed by atoms with van der Waals surface area (Å²) in [6.45, 7) is 5.95. The van der Waals surface area contributed by atoms with Crippen molar-refractivity contribution in [3.63, 3.8) is 0 Å². The quantitative estimate of drug-likeness (QED) is 0.425. The third kappa shape index (κ3) is 7.92. The highest BCUT2D eigenvalue weighted by atomic mass is 32.2. The molecule has 0 aliphatic rings. The standard InChI is InChI=1S/C12H20S/c1-4-6-7-9-12(8-5-2)10-11-13-3/h5,8,10-11H,2,4,6-7,9H2,1,3H3/b11-10+,12-8-. The number of rotatable bonds is 7. The molecule has 0 unspecified atom stereocenters. The fourth-order valence-corrected chi connectivity index (χ4v) is 1.42. The van der Waals surface area contributed by atoms with Crippen LogP contribution in [0.1, 0.15) is 32.6 Å². The monoisotopic (exact) mass is 196 g/mol. The summed E-state index contributed by atoms with van der Waals surface area (Å²) in [7, 11) is 0. The number of hydrogen-bond donors (Lipinski definition) is 0. The van der Waals surface area contributed by atoms with E-state index in [1.54, 1.807) is 11.8 Å². The topological polar surface area (TPSA) is 0 Å². The van der Waals surface area contributed by atoms with Crippen molar-refractivity contribution in [3.8, 4) is 0 Å². The normalized spacial score (nSPS) is 12.3. The van der Waals surface area contributed by atoms with E-state index in [4.69, 9.17) is 0 Å². The second-order valence-corrected chi connectivity index (χ2v) is 3.72. The molecule has 0 N–H and O–H groups in total. The van der Waals surface area contributed by atoms with Gasteiger partial charge in [-0.3, -0.25) is 0 Å². The first-order valence-corrected chi connectivity index (χ1v) is 6.14. The summed E-state index contributed by atoms with van der Waals surface area (Å²) in [5, 5.41) is 2.13. The zero-order valence-electron chi connectivity index (χ0n) is 8.75. The van der Waals surface area contributed by atoms with Crippen molar-refractivity contribution >= 4 is 11.8 Å². The molecule has 0 fully saturated rings. The lowest BCUT2D eigenvalue weighted by Gasteiger charge is -1.99. The molecule has 0 atom stereocenters. The molecule has 0 aromatic heterocycles. The molecular weight excluding hydrogens is 176 g/mol. The minimum atomic E-state index is 1.18. The predicted octanol–water partition coefficient (Wildman–Crippen LogP) is 4.56. The third-order valence-electron chi connectivity index (χ3n) is 1.82. The Balaban J connectivity index is 3.88. The van der Waals surface area contributed by atoms with Crippen LogP contribution >= 0.6 is 11.8 Å². The molecule has 0 spiro atoms. The molecule has 13 heavy (non-hydrogen) atoms. The Morgan fingerprint density at radius 3 is 2.69 bits per heavy atom. The van der Waals surface area contributed by atoms with Crippen LogP contribution in [0.2, 0.25) is 0 Å². The molecule has 1 heteroatoms. The van der Waals surface area contributed by atoms with Gasteiger partial charge in [-0.1, -0.05) is 44.6 Å². The number of unbranched alkanes of at least 4 members (excludes halogenated alkanes) is 2. The van der Waals surface area contributed by atoms with Crippen LogP contribution in [0.5, 0.6) is 0 Å². The SMILES string of the molecule is C=C/C=C(\C=C\SC)CCCCC. The average Bonchev–Trinajstić information content (AvgIpc) is 2.14. The van der Waals surface area contributed by atoms with E-state index in [2.05, 4.69) is 37.3 Å². The second kappa shape index (κ2) is 9.66. The van der Waals surface area contributed by atoms with E-state index in [9.17, 15) is 0 Å². The van der Waals surface area contributed by atoms with Crippen molar-refractivity contribution in [1.29, 1.82) is 0 Å². The van der Waals surface area contributed by atoms with E-state index in [-0.39, 0.29) is 0 Å². The minimum absolute atomic E-state index is 1.18. The first-order valence-electron chi connectivity index (χ1n) is 4.86. The average molecular weight is 196 g/mol. The fraction of sp³-hybridized carbons (Fsp3) is 0.500. The van der Waals surface area contributed by atoms with Gasteiger partial charge in [0, 0.05) is 0 Å². The molecule has 0 bridgehead atoms. The summed E-state index contributed by atoms with van der Waals surface area (Å²) < 4.78 is 0. The Hall–Kier alpha value is -0.430. The van der Waals surface area contributed by atoms with Crippen molar-refractivity contribution < 1.29 is 0 Å². The summed E-state index contributed by atoms with van der Waals surface area (Å²) in [5.74, 6) is 0. The molecule has 0 saturated heterocycles. The summed E-state index contributed by atoms with van der Waals surface area (Å²) >= 11 is 1.74. The van der Waals surface area contributed by atoms with Gasteiger partial charge in [0.25, 0.3) is 0 Å². The van der Waals surface area contributed by atoms with Crippen LogP contribution in [0.15, 0.2) is 35.8 Å². The van der Waals surface area contributed by atoms with E-state index in [1.165, 1.54) is 31.3 Å². The smallest absolute Gasteiger partial charge is 0.0142 e. The lowest BCUT2D eigenvalue weighted by atomic mass is 10.1. The van der Waals surface area contributed by atoms with E-state index in [0.29, 0.717) is 0 Å². The van der Waals surface area contributed by atoms with Gasteiger partial charge in [-0.2, -0.15) is 0 Å². The highest BCUT2D eigenvalue weighted by Crippen LogP contribution is 2.12. The highest BCUT2D eigenvalue weighted by Gasteiger charge is 1.91. The van der Waals surface area contributed by atoms with Crippen molar-refractivity contribution in [2.75, 3.05) is 6.26 Å². The lowest BCUT2D eigenvalue weighted by molar-refractivity contribution is 0.719. The first kappa shape index (κ1) is 12.6. The second-order valence-electron chi connectivity index (χ2n) is 2.97. The van der Waals surface area contributed by atoms with E-state index < -0.39 is 0 Å². The van der Waals surface area contributed by atoms with E-state index in [1.807, 2.05) is 6.08 Å². The Morgan fingerprint density at radius 1 is 1.38 bits per heavy atom. The molecule has 0 saturated carbocycles. The van der Waals surface area contributed by atoms with Crippen LogP contribution in [0, 0.1) is 0 Å². The van der Waals surface area contributed by atoms with Crippen LogP contribution in [0.25, 0.3) is 0 Å². The van der Waals surface area contributed by atoms with Crippen molar-refractivity contribution in [2.24, 2.45) is 0 Å². The van der Waals surface area contributed by atoms with E-state index >= 15 is 0 Å². The summed E-state index contributed by atoms with van der Waals surface area (Å²) in [6.07, 6.45) is 13.3. The molecule has 0 aromatic rings. The molecule has 0 aliphatic carbocycles. The summed E-state index contributed by atoms with van der Waals surface area (Å²) in [6, 6.07) is 0. The fourth-order valence-electron chi connectivity index (χ4n) is 1.11. The maximum absolute atomic E-state index is 3.72. The van der Waals surface area contributed by atoms with Crippen LogP contribution in [0.4, 0.5) is 0 Å². The molecule has 0 aliphatic heterocycles. The maximum Gasteiger partial charge on any atom is -0.0142 e. The maximum atomic E-state index is 3.72. The molecule has 0 aromatic carbocycles. The molecule has 74 valence electrons. The molecular formula is C12H20S. The van der Waals surface area contributed by atoms with Gasteiger partial charge in [-0.05, 0) is 30.1 Å². The summed E-state index contributed by atoms with van der Waals surface area (Å²) in [4.78, 5) is 0. The highest BCUT2D eigenvalue weighted by molar-refractivity contribution is 8.01. The van der Waals surface area contributed by atoms with Gasteiger partial charge in [0.1, 0.15) is 0 Å². The Bertz CT molecular complexity index is 178. The van der Waals surface area contributed by atoms with Gasteiger partial charge in [-0.25, -0.2) is 0 Å². The van der Waals surface area contributed by atoms with Gasteiger partial charge in [0.05, 0.1) is 0 Å². The zero-order valence-corrected chi connectivity index (χ0v) is 9.57. The van der Waals surface area contributed by atoms with Crippen molar-refractivity contribution in [3.05, 3.63) is 35.8 Å². The van der Waals surface area contributed by atoms with Crippen LogP contribution < -0.4 is 0 Å². The van der Waals surface area contributed by atoms with Gasteiger partial charge in [0.2, 0.25) is 0 Å². The predicted molar refractivity (Wildman–Crippen MR) is 65.1 cm³/mol. The number of thioether (sulfide) groups is 1. The lowest BCUT2D eigenvalue weighted by Crippen LogP contribution is -1.79. The molecule has 0 nitrogen and oxygen atoms in total. The third-order valence-corrected chi connectivity index (χ3v) is 2.23. The molecule has 0 radical (unpaired) electrons. The summed E-state index contributed by atoms with van der Waals surface area (Å²) in [5.41, 5.74) is 1.39. The molecule has 0 amide bonds.